The van der Waals surface area contributed by atoms with Gasteiger partial charge in [0.15, 0.2) is 9.84 Å². The topological polar surface area (TPSA) is 75.3 Å². The SMILES string of the molecule is O=C(CC1CS(=O)(=O)CCN1)NCC1(C2CC2)CC1. The highest BCUT2D eigenvalue weighted by Gasteiger charge is 2.53. The Labute approximate surface area is 114 Å². The second-order valence-corrected chi connectivity index (χ2v) is 8.61. The zero-order chi connectivity index (χ0) is 13.5. The van der Waals surface area contributed by atoms with Gasteiger partial charge in [0.05, 0.1) is 11.5 Å². The summed E-state index contributed by atoms with van der Waals surface area (Å²) in [4.78, 5) is 11.9. The van der Waals surface area contributed by atoms with Gasteiger partial charge >= 0.3 is 0 Å². The molecule has 1 heterocycles. The number of hydrogen-bond acceptors (Lipinski definition) is 4. The van der Waals surface area contributed by atoms with E-state index in [4.69, 9.17) is 0 Å². The molecule has 0 aromatic rings. The number of sulfone groups is 1. The molecule has 0 radical (unpaired) electrons. The number of nitrogens with one attached hydrogen (secondary N) is 2. The normalized spacial score (nSPS) is 31.7. The minimum Gasteiger partial charge on any atom is -0.355 e. The lowest BCUT2D eigenvalue weighted by molar-refractivity contribution is -0.121. The van der Waals surface area contributed by atoms with Crippen molar-refractivity contribution < 1.29 is 13.2 Å². The van der Waals surface area contributed by atoms with E-state index in [0.29, 0.717) is 12.0 Å². The molecule has 2 saturated carbocycles. The summed E-state index contributed by atoms with van der Waals surface area (Å²) in [6.07, 6.45) is 5.40. The minimum atomic E-state index is -2.95. The molecule has 6 heteroatoms. The molecule has 0 aromatic heterocycles. The van der Waals surface area contributed by atoms with Crippen LogP contribution in [0.4, 0.5) is 0 Å². The molecule has 1 saturated heterocycles. The standard InChI is InChI=1S/C13H22N2O3S/c16-12(7-11-8-19(17,18)6-5-14-11)15-9-13(3-4-13)10-1-2-10/h10-11,14H,1-9H2,(H,15,16). The Balaban J connectivity index is 1.43. The van der Waals surface area contributed by atoms with E-state index in [2.05, 4.69) is 10.6 Å². The van der Waals surface area contributed by atoms with E-state index in [1.54, 1.807) is 0 Å². The lowest BCUT2D eigenvalue weighted by Crippen LogP contribution is -2.47. The van der Waals surface area contributed by atoms with E-state index in [-0.39, 0.29) is 29.9 Å². The Morgan fingerprint density at radius 1 is 1.32 bits per heavy atom. The highest BCUT2D eigenvalue weighted by Crippen LogP contribution is 2.60. The second-order valence-electron chi connectivity index (χ2n) is 6.38. The van der Waals surface area contributed by atoms with E-state index >= 15 is 0 Å². The molecule has 0 aromatic carbocycles. The third-order valence-corrected chi connectivity index (χ3v) is 6.44. The molecule has 1 unspecified atom stereocenters. The Morgan fingerprint density at radius 3 is 2.63 bits per heavy atom. The predicted molar refractivity (Wildman–Crippen MR) is 72.5 cm³/mol. The van der Waals surface area contributed by atoms with Gasteiger partial charge < -0.3 is 10.6 Å². The first kappa shape index (κ1) is 13.4. The predicted octanol–water partition coefficient (Wildman–Crippen LogP) is 0.0695. The number of carbonyl (C=O) groups is 1. The highest BCUT2D eigenvalue weighted by molar-refractivity contribution is 7.91. The monoisotopic (exact) mass is 286 g/mol. The van der Waals surface area contributed by atoms with Crippen molar-refractivity contribution in [3.8, 4) is 0 Å². The molecule has 3 aliphatic rings. The number of amides is 1. The summed E-state index contributed by atoms with van der Waals surface area (Å²) >= 11 is 0. The van der Waals surface area contributed by atoms with Gasteiger partial charge in [0.1, 0.15) is 0 Å². The van der Waals surface area contributed by atoms with Crippen LogP contribution in [0, 0.1) is 11.3 Å². The first-order valence-electron chi connectivity index (χ1n) is 7.20. The van der Waals surface area contributed by atoms with Crippen LogP contribution in [0.5, 0.6) is 0 Å². The van der Waals surface area contributed by atoms with Crippen molar-refractivity contribution in [3.63, 3.8) is 0 Å². The summed E-state index contributed by atoms with van der Waals surface area (Å²) in [6.45, 7) is 1.25. The highest BCUT2D eigenvalue weighted by atomic mass is 32.2. The van der Waals surface area contributed by atoms with Crippen LogP contribution < -0.4 is 10.6 Å². The van der Waals surface area contributed by atoms with Gasteiger partial charge in [-0.25, -0.2) is 8.42 Å². The molecule has 1 atom stereocenters. The van der Waals surface area contributed by atoms with Crippen LogP contribution in [0.2, 0.25) is 0 Å². The Morgan fingerprint density at radius 2 is 2.05 bits per heavy atom. The summed E-state index contributed by atoms with van der Waals surface area (Å²) in [7, 11) is -2.95. The van der Waals surface area contributed by atoms with Gasteiger partial charge in [0.2, 0.25) is 5.91 Å². The van der Waals surface area contributed by atoms with E-state index in [1.807, 2.05) is 0 Å². The second kappa shape index (κ2) is 4.74. The van der Waals surface area contributed by atoms with Gasteiger partial charge in [-0.2, -0.15) is 0 Å². The van der Waals surface area contributed by atoms with Gasteiger partial charge in [-0.05, 0) is 37.0 Å². The molecule has 19 heavy (non-hydrogen) atoms. The molecule has 0 spiro atoms. The van der Waals surface area contributed by atoms with Crippen molar-refractivity contribution in [1.29, 1.82) is 0 Å². The molecule has 0 bridgehead atoms. The van der Waals surface area contributed by atoms with Crippen LogP contribution in [-0.2, 0) is 14.6 Å². The fraction of sp³-hybridized carbons (Fsp3) is 0.923. The van der Waals surface area contributed by atoms with Crippen LogP contribution in [0.15, 0.2) is 0 Å². The van der Waals surface area contributed by atoms with E-state index in [9.17, 15) is 13.2 Å². The average molecular weight is 286 g/mol. The Kier molecular flexibility index (Phi) is 3.33. The quantitative estimate of drug-likeness (QED) is 0.750. The summed E-state index contributed by atoms with van der Waals surface area (Å²) in [5, 5.41) is 6.12. The molecular formula is C13H22N2O3S. The molecule has 2 aliphatic carbocycles. The Hall–Kier alpha value is -0.620. The van der Waals surface area contributed by atoms with Gasteiger partial charge in [0.25, 0.3) is 0 Å². The number of rotatable bonds is 5. The van der Waals surface area contributed by atoms with E-state index in [0.717, 1.165) is 12.5 Å². The summed E-state index contributed by atoms with van der Waals surface area (Å²) in [6, 6.07) is -0.213. The molecule has 2 N–H and O–H groups in total. The van der Waals surface area contributed by atoms with Crippen LogP contribution in [0.3, 0.4) is 0 Å². The van der Waals surface area contributed by atoms with Crippen molar-refractivity contribution in [3.05, 3.63) is 0 Å². The maximum absolute atomic E-state index is 11.9. The lowest BCUT2D eigenvalue weighted by Gasteiger charge is -2.23. The third-order valence-electron chi connectivity index (χ3n) is 4.71. The third kappa shape index (κ3) is 3.28. The first-order chi connectivity index (χ1) is 8.99. The van der Waals surface area contributed by atoms with Crippen molar-refractivity contribution in [2.75, 3.05) is 24.6 Å². The minimum absolute atomic E-state index is 0.0125. The summed E-state index contributed by atoms with van der Waals surface area (Å²) in [5.41, 5.74) is 0.404. The van der Waals surface area contributed by atoms with Crippen LogP contribution in [0.25, 0.3) is 0 Å². The molecule has 108 valence electrons. The molecular weight excluding hydrogens is 264 g/mol. The molecule has 3 rings (SSSR count). The fourth-order valence-electron chi connectivity index (χ4n) is 3.15. The summed E-state index contributed by atoms with van der Waals surface area (Å²) < 4.78 is 23.0. The van der Waals surface area contributed by atoms with Crippen molar-refractivity contribution in [1.82, 2.24) is 10.6 Å². The number of carbonyl (C=O) groups excluding carboxylic acids is 1. The van der Waals surface area contributed by atoms with Crippen LogP contribution in [-0.4, -0.2) is 45.0 Å². The average Bonchev–Trinajstić information content (AvgIpc) is 3.18. The Bertz CT molecular complexity index is 466. The zero-order valence-electron chi connectivity index (χ0n) is 11.2. The van der Waals surface area contributed by atoms with Gasteiger partial charge in [-0.1, -0.05) is 0 Å². The number of hydrogen-bond donors (Lipinski definition) is 2. The van der Waals surface area contributed by atoms with Crippen molar-refractivity contribution >= 4 is 15.7 Å². The first-order valence-corrected chi connectivity index (χ1v) is 9.02. The van der Waals surface area contributed by atoms with Gasteiger partial charge in [0, 0.05) is 25.6 Å². The van der Waals surface area contributed by atoms with Crippen LogP contribution in [0.1, 0.15) is 32.1 Å². The maximum atomic E-state index is 11.9. The zero-order valence-corrected chi connectivity index (χ0v) is 12.0. The lowest BCUT2D eigenvalue weighted by atomic mass is 10.0. The van der Waals surface area contributed by atoms with E-state index in [1.165, 1.54) is 25.7 Å². The molecule has 5 nitrogen and oxygen atoms in total. The maximum Gasteiger partial charge on any atom is 0.221 e. The van der Waals surface area contributed by atoms with Gasteiger partial charge in [-0.3, -0.25) is 4.79 Å². The molecule has 3 fully saturated rings. The van der Waals surface area contributed by atoms with Gasteiger partial charge in [-0.15, -0.1) is 0 Å². The fourth-order valence-corrected chi connectivity index (χ4v) is 4.60. The van der Waals surface area contributed by atoms with Crippen molar-refractivity contribution in [2.45, 2.75) is 38.1 Å². The van der Waals surface area contributed by atoms with Crippen molar-refractivity contribution in [2.24, 2.45) is 11.3 Å². The van der Waals surface area contributed by atoms with Crippen LogP contribution >= 0.6 is 0 Å². The smallest absolute Gasteiger partial charge is 0.221 e. The molecule has 1 aliphatic heterocycles. The largest absolute Gasteiger partial charge is 0.355 e. The van der Waals surface area contributed by atoms with E-state index < -0.39 is 9.84 Å². The molecule has 1 amide bonds. The summed E-state index contributed by atoms with van der Waals surface area (Å²) in [5.74, 6) is 1.10.